The molecule has 0 aliphatic rings. The summed E-state index contributed by atoms with van der Waals surface area (Å²) in [5.41, 5.74) is 0.215. The molecule has 7 heteroatoms. The molecule has 0 fully saturated rings. The van der Waals surface area contributed by atoms with Crippen LogP contribution in [-0.2, 0) is 6.54 Å². The van der Waals surface area contributed by atoms with Crippen LogP contribution in [0.5, 0.6) is 0 Å². The van der Waals surface area contributed by atoms with Gasteiger partial charge in [0, 0.05) is 25.0 Å². The van der Waals surface area contributed by atoms with Gasteiger partial charge in [-0.3, -0.25) is 9.48 Å². The van der Waals surface area contributed by atoms with E-state index in [9.17, 15) is 4.79 Å². The Balaban J connectivity index is 1.49. The normalized spacial score (nSPS) is 11.1. The molecule has 0 radical (unpaired) electrons. The highest BCUT2D eigenvalue weighted by atomic mass is 16.5. The van der Waals surface area contributed by atoms with E-state index in [1.165, 1.54) is 6.26 Å². The van der Waals surface area contributed by atoms with Crippen LogP contribution in [-0.4, -0.2) is 27.4 Å². The van der Waals surface area contributed by atoms with Gasteiger partial charge in [-0.05, 0) is 18.2 Å². The number of furan rings is 1. The molecular weight excluding hydrogens is 284 g/mol. The van der Waals surface area contributed by atoms with Crippen molar-refractivity contribution in [2.45, 2.75) is 6.54 Å². The fourth-order valence-corrected chi connectivity index (χ4v) is 1.83. The lowest BCUT2D eigenvalue weighted by molar-refractivity contribution is 0.0949. The van der Waals surface area contributed by atoms with Gasteiger partial charge in [0.2, 0.25) is 5.76 Å². The van der Waals surface area contributed by atoms with Crippen molar-refractivity contribution in [1.29, 1.82) is 0 Å². The Morgan fingerprint density at radius 3 is 3.05 bits per heavy atom. The third-order valence-electron chi connectivity index (χ3n) is 2.91. The molecule has 7 nitrogen and oxygen atoms in total. The third-order valence-corrected chi connectivity index (χ3v) is 2.91. The highest BCUT2D eigenvalue weighted by Crippen LogP contribution is 2.20. The largest absolute Gasteiger partial charge is 0.461 e. The van der Waals surface area contributed by atoms with E-state index in [-0.39, 0.29) is 11.6 Å². The highest BCUT2D eigenvalue weighted by Gasteiger charge is 2.14. The monoisotopic (exact) mass is 298 g/mol. The van der Waals surface area contributed by atoms with Crippen molar-refractivity contribution < 1.29 is 13.7 Å². The smallest absolute Gasteiger partial charge is 0.273 e. The molecule has 1 N–H and O–H groups in total. The van der Waals surface area contributed by atoms with Gasteiger partial charge >= 0.3 is 0 Å². The van der Waals surface area contributed by atoms with E-state index >= 15 is 0 Å². The summed E-state index contributed by atoms with van der Waals surface area (Å²) in [6, 6.07) is 6.88. The van der Waals surface area contributed by atoms with E-state index in [0.29, 0.717) is 24.6 Å². The van der Waals surface area contributed by atoms with Crippen LogP contribution in [0.3, 0.4) is 0 Å². The molecule has 3 rings (SSSR count). The lowest BCUT2D eigenvalue weighted by Crippen LogP contribution is -2.23. The first kappa shape index (κ1) is 13.9. The maximum absolute atomic E-state index is 11.9. The number of hydrogen-bond acceptors (Lipinski definition) is 5. The van der Waals surface area contributed by atoms with Crippen LogP contribution in [0.15, 0.2) is 64.0 Å². The molecule has 0 aliphatic heterocycles. The minimum Gasteiger partial charge on any atom is -0.461 e. The van der Waals surface area contributed by atoms with Crippen LogP contribution >= 0.6 is 0 Å². The second kappa shape index (κ2) is 6.57. The van der Waals surface area contributed by atoms with E-state index in [1.807, 2.05) is 24.4 Å². The van der Waals surface area contributed by atoms with E-state index in [0.717, 1.165) is 0 Å². The summed E-state index contributed by atoms with van der Waals surface area (Å²) < 4.78 is 12.0. The van der Waals surface area contributed by atoms with Gasteiger partial charge in [-0.2, -0.15) is 5.10 Å². The fourth-order valence-electron chi connectivity index (χ4n) is 1.83. The molecule has 3 heterocycles. The number of carbonyl (C=O) groups excluding carboxylic acids is 1. The van der Waals surface area contributed by atoms with Crippen molar-refractivity contribution >= 4 is 5.91 Å². The van der Waals surface area contributed by atoms with Gasteiger partial charge in [0.1, 0.15) is 0 Å². The number of nitrogens with zero attached hydrogens (tertiary/aromatic N) is 3. The molecule has 0 aliphatic carbocycles. The fraction of sp³-hybridized carbons (Fsp3) is 0.133. The Morgan fingerprint density at radius 2 is 2.27 bits per heavy atom. The predicted octanol–water partition coefficient (Wildman–Crippen LogP) is 2.12. The zero-order chi connectivity index (χ0) is 15.2. The van der Waals surface area contributed by atoms with E-state index < -0.39 is 0 Å². The number of allylic oxidation sites excluding steroid dienone is 1. The minimum absolute atomic E-state index is 0.215. The summed E-state index contributed by atoms with van der Waals surface area (Å²) in [7, 11) is 0. The molecule has 0 spiro atoms. The van der Waals surface area contributed by atoms with Crippen LogP contribution in [0.1, 0.15) is 10.5 Å². The summed E-state index contributed by atoms with van der Waals surface area (Å²) in [5, 5.41) is 10.5. The number of aromatic nitrogens is 3. The third kappa shape index (κ3) is 3.32. The lowest BCUT2D eigenvalue weighted by Gasteiger charge is -1.97. The SMILES string of the molecule is O=C(NCC=CCn1cccn1)c1cc(-c2ccco2)on1. The Kier molecular flexibility index (Phi) is 4.15. The maximum atomic E-state index is 11.9. The van der Waals surface area contributed by atoms with Crippen LogP contribution in [0.25, 0.3) is 11.5 Å². The first-order valence-electron chi connectivity index (χ1n) is 6.74. The summed E-state index contributed by atoms with van der Waals surface area (Å²) in [6.45, 7) is 1.07. The van der Waals surface area contributed by atoms with E-state index in [2.05, 4.69) is 15.6 Å². The molecule has 0 saturated heterocycles. The summed E-state index contributed by atoms with van der Waals surface area (Å²) >= 11 is 0. The molecule has 3 aromatic heterocycles. The van der Waals surface area contributed by atoms with Gasteiger partial charge < -0.3 is 14.3 Å². The first-order valence-corrected chi connectivity index (χ1v) is 6.74. The molecular formula is C15H14N4O3. The maximum Gasteiger partial charge on any atom is 0.273 e. The van der Waals surface area contributed by atoms with Crippen LogP contribution < -0.4 is 5.32 Å². The summed E-state index contributed by atoms with van der Waals surface area (Å²) in [6.07, 6.45) is 8.89. The summed E-state index contributed by atoms with van der Waals surface area (Å²) in [4.78, 5) is 11.9. The molecule has 112 valence electrons. The van der Waals surface area contributed by atoms with Gasteiger partial charge in [-0.25, -0.2) is 0 Å². The second-order valence-corrected chi connectivity index (χ2v) is 4.46. The second-order valence-electron chi connectivity index (χ2n) is 4.46. The lowest BCUT2D eigenvalue weighted by atomic mass is 10.3. The Bertz CT molecular complexity index is 742. The van der Waals surface area contributed by atoms with Gasteiger partial charge in [0.25, 0.3) is 5.91 Å². The minimum atomic E-state index is -0.301. The van der Waals surface area contributed by atoms with Crippen molar-refractivity contribution in [2.24, 2.45) is 0 Å². The van der Waals surface area contributed by atoms with E-state index in [4.69, 9.17) is 8.94 Å². The molecule has 0 bridgehead atoms. The number of rotatable bonds is 6. The van der Waals surface area contributed by atoms with Gasteiger partial charge in [0.15, 0.2) is 11.5 Å². The number of nitrogens with one attached hydrogen (secondary N) is 1. The molecule has 0 unspecified atom stereocenters. The molecule has 0 atom stereocenters. The molecule has 22 heavy (non-hydrogen) atoms. The van der Waals surface area contributed by atoms with Crippen molar-refractivity contribution in [2.75, 3.05) is 6.54 Å². The Labute approximate surface area is 126 Å². The number of amides is 1. The topological polar surface area (TPSA) is 86.1 Å². The quantitative estimate of drug-likeness (QED) is 0.704. The van der Waals surface area contributed by atoms with Crippen molar-refractivity contribution in [3.63, 3.8) is 0 Å². The van der Waals surface area contributed by atoms with Gasteiger partial charge in [-0.15, -0.1) is 0 Å². The van der Waals surface area contributed by atoms with E-state index in [1.54, 1.807) is 29.1 Å². The Hall–Kier alpha value is -3.09. The van der Waals surface area contributed by atoms with Crippen LogP contribution in [0, 0.1) is 0 Å². The zero-order valence-electron chi connectivity index (χ0n) is 11.7. The van der Waals surface area contributed by atoms with Crippen molar-refractivity contribution in [3.05, 3.63) is 60.8 Å². The van der Waals surface area contributed by atoms with Crippen molar-refractivity contribution in [3.8, 4) is 11.5 Å². The molecule has 1 amide bonds. The standard InChI is InChI=1S/C15H14N4O3/c20-15(16-6-1-2-8-19-9-4-7-17-19)12-11-14(22-18-12)13-5-3-10-21-13/h1-5,7,9-11H,6,8H2,(H,16,20). The molecule has 0 aromatic carbocycles. The first-order chi connectivity index (χ1) is 10.8. The van der Waals surface area contributed by atoms with Gasteiger partial charge in [-0.1, -0.05) is 17.3 Å². The van der Waals surface area contributed by atoms with Crippen LogP contribution in [0.2, 0.25) is 0 Å². The average molecular weight is 298 g/mol. The van der Waals surface area contributed by atoms with Crippen LogP contribution in [0.4, 0.5) is 0 Å². The predicted molar refractivity (Wildman–Crippen MR) is 77.9 cm³/mol. The Morgan fingerprint density at radius 1 is 1.32 bits per heavy atom. The average Bonchev–Trinajstić information content (AvgIpc) is 3.26. The number of carbonyl (C=O) groups is 1. The molecule has 0 saturated carbocycles. The van der Waals surface area contributed by atoms with Gasteiger partial charge in [0.05, 0.1) is 12.8 Å². The highest BCUT2D eigenvalue weighted by molar-refractivity contribution is 5.92. The summed E-state index contributed by atoms with van der Waals surface area (Å²) in [5.74, 6) is 0.653. The zero-order valence-corrected chi connectivity index (χ0v) is 11.7. The molecule has 3 aromatic rings. The number of hydrogen-bond donors (Lipinski definition) is 1. The van der Waals surface area contributed by atoms with Crippen molar-refractivity contribution in [1.82, 2.24) is 20.3 Å².